The molecule has 1 aromatic carbocycles. The summed E-state index contributed by atoms with van der Waals surface area (Å²) in [5.74, 6) is 1.04. The van der Waals surface area contributed by atoms with Gasteiger partial charge < -0.3 is 9.88 Å². The minimum absolute atomic E-state index is 0.692. The van der Waals surface area contributed by atoms with Crippen LogP contribution in [0.3, 0.4) is 0 Å². The Labute approximate surface area is 113 Å². The van der Waals surface area contributed by atoms with Gasteiger partial charge in [0.1, 0.15) is 5.82 Å². The lowest BCUT2D eigenvalue weighted by Gasteiger charge is -2.12. The van der Waals surface area contributed by atoms with Crippen LogP contribution in [-0.2, 0) is 13.1 Å². The number of hydrogen-bond donors (Lipinski definition) is 1. The Morgan fingerprint density at radius 2 is 2.22 bits per heavy atom. The molecule has 1 N–H and O–H groups in total. The maximum absolute atomic E-state index is 6.18. The van der Waals surface area contributed by atoms with Crippen LogP contribution in [0.1, 0.15) is 24.7 Å². The zero-order valence-corrected chi connectivity index (χ0v) is 11.5. The topological polar surface area (TPSA) is 29.9 Å². The van der Waals surface area contributed by atoms with Crippen molar-refractivity contribution in [1.29, 1.82) is 0 Å². The van der Waals surface area contributed by atoms with Crippen molar-refractivity contribution in [1.82, 2.24) is 9.55 Å². The first-order valence-corrected chi connectivity index (χ1v) is 6.59. The zero-order valence-electron chi connectivity index (χ0n) is 10.8. The second-order valence-electron chi connectivity index (χ2n) is 4.32. The summed E-state index contributed by atoms with van der Waals surface area (Å²) in [5.41, 5.74) is 2.14. The molecule has 2 aromatic rings. The number of nitrogens with one attached hydrogen (secondary N) is 1. The molecule has 1 aromatic heterocycles. The molecule has 18 heavy (non-hydrogen) atoms. The van der Waals surface area contributed by atoms with Gasteiger partial charge in [-0.2, -0.15) is 0 Å². The van der Waals surface area contributed by atoms with Crippen molar-refractivity contribution in [3.05, 3.63) is 47.0 Å². The van der Waals surface area contributed by atoms with E-state index in [-0.39, 0.29) is 0 Å². The van der Waals surface area contributed by atoms with E-state index in [2.05, 4.69) is 21.8 Å². The summed E-state index contributed by atoms with van der Waals surface area (Å²) in [5, 5.41) is 4.12. The minimum Gasteiger partial charge on any atom is -0.376 e. The first kappa shape index (κ1) is 13.0. The van der Waals surface area contributed by atoms with Crippen molar-refractivity contribution < 1.29 is 0 Å². The molecule has 96 valence electrons. The van der Waals surface area contributed by atoms with Crippen LogP contribution in [0.5, 0.6) is 0 Å². The Morgan fingerprint density at radius 3 is 2.94 bits per heavy atom. The predicted octanol–water partition coefficient (Wildman–Crippen LogP) is 3.87. The Morgan fingerprint density at radius 1 is 1.39 bits per heavy atom. The summed E-state index contributed by atoms with van der Waals surface area (Å²) in [6, 6.07) is 5.91. The lowest BCUT2D eigenvalue weighted by atomic mass is 10.2. The van der Waals surface area contributed by atoms with Crippen LogP contribution in [0.4, 0.5) is 5.69 Å². The van der Waals surface area contributed by atoms with Crippen molar-refractivity contribution in [2.75, 3.05) is 5.32 Å². The van der Waals surface area contributed by atoms with Crippen LogP contribution in [0, 0.1) is 6.92 Å². The zero-order chi connectivity index (χ0) is 13.0. The Kier molecular flexibility index (Phi) is 4.26. The molecule has 0 radical (unpaired) electrons. The largest absolute Gasteiger partial charge is 0.376 e. The van der Waals surface area contributed by atoms with E-state index in [0.29, 0.717) is 6.54 Å². The molecular formula is C14H18ClN3. The van der Waals surface area contributed by atoms with E-state index in [1.165, 1.54) is 0 Å². The molecule has 0 spiro atoms. The van der Waals surface area contributed by atoms with E-state index in [0.717, 1.165) is 35.1 Å². The molecule has 0 amide bonds. The van der Waals surface area contributed by atoms with E-state index >= 15 is 0 Å². The molecule has 1 heterocycles. The number of imidazole rings is 1. The monoisotopic (exact) mass is 263 g/mol. The van der Waals surface area contributed by atoms with E-state index in [1.54, 1.807) is 0 Å². The molecule has 4 heteroatoms. The Hall–Kier alpha value is -1.48. The van der Waals surface area contributed by atoms with Gasteiger partial charge in [-0.25, -0.2) is 4.98 Å². The number of aryl methyl sites for hydroxylation is 2. The second-order valence-corrected chi connectivity index (χ2v) is 4.73. The highest BCUT2D eigenvalue weighted by molar-refractivity contribution is 6.33. The van der Waals surface area contributed by atoms with Crippen molar-refractivity contribution in [3.63, 3.8) is 0 Å². The molecule has 0 aliphatic rings. The number of aromatic nitrogens is 2. The second kappa shape index (κ2) is 5.91. The van der Waals surface area contributed by atoms with Crippen LogP contribution < -0.4 is 5.32 Å². The Balaban J connectivity index is 2.09. The van der Waals surface area contributed by atoms with E-state index in [1.807, 2.05) is 37.5 Å². The van der Waals surface area contributed by atoms with Gasteiger partial charge in [-0.15, -0.1) is 0 Å². The molecule has 0 saturated heterocycles. The van der Waals surface area contributed by atoms with Gasteiger partial charge in [-0.3, -0.25) is 0 Å². The molecule has 0 unspecified atom stereocenters. The minimum atomic E-state index is 0.692. The number of para-hydroxylation sites is 1. The Bertz CT molecular complexity index is 499. The summed E-state index contributed by atoms with van der Waals surface area (Å²) in [6.45, 7) is 5.90. The summed E-state index contributed by atoms with van der Waals surface area (Å²) >= 11 is 6.18. The number of benzene rings is 1. The molecule has 0 fully saturated rings. The highest BCUT2D eigenvalue weighted by Crippen LogP contribution is 2.25. The average Bonchev–Trinajstić information content (AvgIpc) is 2.77. The van der Waals surface area contributed by atoms with Gasteiger partial charge >= 0.3 is 0 Å². The van der Waals surface area contributed by atoms with Crippen LogP contribution in [-0.4, -0.2) is 9.55 Å². The summed E-state index contributed by atoms with van der Waals surface area (Å²) in [7, 11) is 0. The molecule has 0 aliphatic heterocycles. The first-order valence-electron chi connectivity index (χ1n) is 6.21. The summed E-state index contributed by atoms with van der Waals surface area (Å²) in [4.78, 5) is 4.37. The molecule has 3 nitrogen and oxygen atoms in total. The van der Waals surface area contributed by atoms with Gasteiger partial charge in [-0.05, 0) is 25.0 Å². The third kappa shape index (κ3) is 2.85. The number of nitrogens with zero attached hydrogens (tertiary/aromatic N) is 2. The third-order valence-electron chi connectivity index (χ3n) is 2.91. The predicted molar refractivity (Wildman–Crippen MR) is 76.0 cm³/mol. The van der Waals surface area contributed by atoms with Gasteiger partial charge in [0.05, 0.1) is 17.3 Å². The molecule has 0 atom stereocenters. The SMILES string of the molecule is CCCn1ccnc1CNc1c(C)cccc1Cl. The fraction of sp³-hybridized carbons (Fsp3) is 0.357. The van der Waals surface area contributed by atoms with Crippen molar-refractivity contribution in [2.24, 2.45) is 0 Å². The summed E-state index contributed by atoms with van der Waals surface area (Å²) < 4.78 is 2.17. The third-order valence-corrected chi connectivity index (χ3v) is 3.23. The van der Waals surface area contributed by atoms with Crippen LogP contribution >= 0.6 is 11.6 Å². The van der Waals surface area contributed by atoms with Gasteiger partial charge in [0.25, 0.3) is 0 Å². The number of halogens is 1. The quantitative estimate of drug-likeness (QED) is 0.888. The van der Waals surface area contributed by atoms with Crippen LogP contribution in [0.2, 0.25) is 5.02 Å². The lowest BCUT2D eigenvalue weighted by Crippen LogP contribution is -2.09. The average molecular weight is 264 g/mol. The van der Waals surface area contributed by atoms with E-state index < -0.39 is 0 Å². The van der Waals surface area contributed by atoms with Crippen molar-refractivity contribution in [3.8, 4) is 0 Å². The number of anilines is 1. The molecule has 0 bridgehead atoms. The molecular weight excluding hydrogens is 246 g/mol. The van der Waals surface area contributed by atoms with Gasteiger partial charge in [0, 0.05) is 18.9 Å². The molecule has 0 saturated carbocycles. The maximum Gasteiger partial charge on any atom is 0.128 e. The fourth-order valence-electron chi connectivity index (χ4n) is 1.97. The van der Waals surface area contributed by atoms with Gasteiger partial charge in [0.15, 0.2) is 0 Å². The van der Waals surface area contributed by atoms with E-state index in [4.69, 9.17) is 11.6 Å². The fourth-order valence-corrected chi connectivity index (χ4v) is 2.26. The van der Waals surface area contributed by atoms with Gasteiger partial charge in [0.2, 0.25) is 0 Å². The van der Waals surface area contributed by atoms with Crippen molar-refractivity contribution in [2.45, 2.75) is 33.4 Å². The number of rotatable bonds is 5. The highest BCUT2D eigenvalue weighted by Gasteiger charge is 2.06. The van der Waals surface area contributed by atoms with Gasteiger partial charge in [-0.1, -0.05) is 30.7 Å². The lowest BCUT2D eigenvalue weighted by molar-refractivity contribution is 0.644. The maximum atomic E-state index is 6.18. The van der Waals surface area contributed by atoms with Crippen molar-refractivity contribution >= 4 is 17.3 Å². The number of hydrogen-bond acceptors (Lipinski definition) is 2. The highest BCUT2D eigenvalue weighted by atomic mass is 35.5. The summed E-state index contributed by atoms with van der Waals surface area (Å²) in [6.07, 6.45) is 4.96. The normalized spacial score (nSPS) is 10.6. The first-order chi connectivity index (χ1) is 8.72. The van der Waals surface area contributed by atoms with Crippen LogP contribution in [0.25, 0.3) is 0 Å². The smallest absolute Gasteiger partial charge is 0.128 e. The molecule has 2 rings (SSSR count). The molecule has 0 aliphatic carbocycles. The van der Waals surface area contributed by atoms with E-state index in [9.17, 15) is 0 Å². The van der Waals surface area contributed by atoms with Crippen LogP contribution in [0.15, 0.2) is 30.6 Å². The standard InChI is InChI=1S/C14H18ClN3/c1-3-8-18-9-7-16-13(18)10-17-14-11(2)5-4-6-12(14)15/h4-7,9,17H,3,8,10H2,1-2H3.